The average Bonchev–Trinajstić information content (AvgIpc) is 3.10. The number of nitrogens with zero attached hydrogens (tertiary/aromatic N) is 3. The third-order valence-electron chi connectivity index (χ3n) is 4.02. The molecule has 0 spiro atoms. The minimum Gasteiger partial charge on any atom is -0.356 e. The van der Waals surface area contributed by atoms with E-state index >= 15 is 0 Å². The molecule has 1 aliphatic heterocycles. The van der Waals surface area contributed by atoms with E-state index < -0.39 is 0 Å². The normalized spacial score (nSPS) is 14.6. The van der Waals surface area contributed by atoms with E-state index in [4.69, 9.17) is 0 Å². The smallest absolute Gasteiger partial charge is 0.133 e. The number of fused-ring (bicyclic) bond motifs is 1. The van der Waals surface area contributed by atoms with Crippen molar-refractivity contribution in [3.63, 3.8) is 0 Å². The van der Waals surface area contributed by atoms with Crippen molar-refractivity contribution in [3.05, 3.63) is 54.9 Å². The molecule has 4 rings (SSSR count). The van der Waals surface area contributed by atoms with Gasteiger partial charge in [0.15, 0.2) is 0 Å². The highest BCUT2D eigenvalue weighted by molar-refractivity contribution is 7.99. The fourth-order valence-corrected chi connectivity index (χ4v) is 3.83. The van der Waals surface area contributed by atoms with Gasteiger partial charge in [0.05, 0.1) is 0 Å². The van der Waals surface area contributed by atoms with Crippen LogP contribution in [0.15, 0.2) is 64.8 Å². The first-order chi connectivity index (χ1) is 10.9. The van der Waals surface area contributed by atoms with Crippen LogP contribution >= 0.6 is 11.8 Å². The van der Waals surface area contributed by atoms with E-state index in [0.29, 0.717) is 0 Å². The molecule has 22 heavy (non-hydrogen) atoms. The standard InChI is InChI=1S/C18H17N3S/c1-2-8-15-14(6-1)7-5-9-16(15)22-18-12-17(19-13-20-18)21-10-3-4-11-21/h1-2,5-9,12-13H,3-4,10-11H2. The first-order valence-corrected chi connectivity index (χ1v) is 8.44. The summed E-state index contributed by atoms with van der Waals surface area (Å²) in [5, 5.41) is 3.55. The molecule has 0 unspecified atom stereocenters. The predicted octanol–water partition coefficient (Wildman–Crippen LogP) is 4.38. The van der Waals surface area contributed by atoms with Crippen LogP contribution in [0.5, 0.6) is 0 Å². The predicted molar refractivity (Wildman–Crippen MR) is 91.6 cm³/mol. The van der Waals surface area contributed by atoms with Crippen LogP contribution in [-0.4, -0.2) is 23.1 Å². The molecule has 0 radical (unpaired) electrons. The van der Waals surface area contributed by atoms with Crippen LogP contribution in [0, 0.1) is 0 Å². The zero-order chi connectivity index (χ0) is 14.8. The van der Waals surface area contributed by atoms with Crippen molar-refractivity contribution in [3.8, 4) is 0 Å². The van der Waals surface area contributed by atoms with E-state index in [-0.39, 0.29) is 0 Å². The summed E-state index contributed by atoms with van der Waals surface area (Å²) in [4.78, 5) is 12.4. The SMILES string of the molecule is c1ccc2c(Sc3cc(N4CCCC4)ncn3)cccc2c1. The van der Waals surface area contributed by atoms with E-state index in [2.05, 4.69) is 63.4 Å². The average molecular weight is 307 g/mol. The topological polar surface area (TPSA) is 29.0 Å². The molecular formula is C18H17N3S. The van der Waals surface area contributed by atoms with Crippen molar-refractivity contribution in [2.75, 3.05) is 18.0 Å². The van der Waals surface area contributed by atoms with Gasteiger partial charge in [0.2, 0.25) is 0 Å². The summed E-state index contributed by atoms with van der Waals surface area (Å²) in [6.07, 6.45) is 4.20. The lowest BCUT2D eigenvalue weighted by Gasteiger charge is -2.16. The van der Waals surface area contributed by atoms with Gasteiger partial charge in [0.1, 0.15) is 17.2 Å². The van der Waals surface area contributed by atoms with Gasteiger partial charge in [-0.15, -0.1) is 0 Å². The molecule has 3 nitrogen and oxygen atoms in total. The zero-order valence-corrected chi connectivity index (χ0v) is 13.1. The molecule has 3 aromatic rings. The van der Waals surface area contributed by atoms with Crippen LogP contribution in [0.25, 0.3) is 10.8 Å². The fourth-order valence-electron chi connectivity index (χ4n) is 2.90. The van der Waals surface area contributed by atoms with Gasteiger partial charge in [-0.3, -0.25) is 0 Å². The quantitative estimate of drug-likeness (QED) is 0.671. The Morgan fingerprint density at radius 2 is 1.73 bits per heavy atom. The highest BCUT2D eigenvalue weighted by atomic mass is 32.2. The van der Waals surface area contributed by atoms with Crippen LogP contribution in [0.4, 0.5) is 5.82 Å². The summed E-state index contributed by atoms with van der Waals surface area (Å²) in [5.41, 5.74) is 0. The van der Waals surface area contributed by atoms with E-state index in [1.807, 2.05) is 0 Å². The van der Waals surface area contributed by atoms with Gasteiger partial charge >= 0.3 is 0 Å². The summed E-state index contributed by atoms with van der Waals surface area (Å²) in [6.45, 7) is 2.21. The Morgan fingerprint density at radius 1 is 0.909 bits per heavy atom. The first-order valence-electron chi connectivity index (χ1n) is 7.63. The van der Waals surface area contributed by atoms with Crippen LogP contribution in [0.1, 0.15) is 12.8 Å². The van der Waals surface area contributed by atoms with E-state index in [0.717, 1.165) is 23.9 Å². The number of aromatic nitrogens is 2. The van der Waals surface area contributed by atoms with Crippen molar-refractivity contribution in [2.24, 2.45) is 0 Å². The molecule has 4 heteroatoms. The molecule has 1 saturated heterocycles. The molecule has 1 aliphatic rings. The minimum atomic E-state index is 1.01. The van der Waals surface area contributed by atoms with Crippen LogP contribution in [-0.2, 0) is 0 Å². The Hall–Kier alpha value is -2.07. The summed E-state index contributed by atoms with van der Waals surface area (Å²) in [5.74, 6) is 1.05. The number of hydrogen-bond acceptors (Lipinski definition) is 4. The monoisotopic (exact) mass is 307 g/mol. The Bertz CT molecular complexity index is 792. The minimum absolute atomic E-state index is 1.01. The van der Waals surface area contributed by atoms with Gasteiger partial charge in [-0.05, 0) is 29.7 Å². The van der Waals surface area contributed by atoms with E-state index in [1.165, 1.54) is 28.5 Å². The lowest BCUT2D eigenvalue weighted by atomic mass is 10.1. The van der Waals surface area contributed by atoms with Gasteiger partial charge in [0.25, 0.3) is 0 Å². The maximum atomic E-state index is 4.44. The van der Waals surface area contributed by atoms with Crippen molar-refractivity contribution < 1.29 is 0 Å². The van der Waals surface area contributed by atoms with E-state index in [1.54, 1.807) is 18.1 Å². The second kappa shape index (κ2) is 5.97. The molecule has 110 valence electrons. The van der Waals surface area contributed by atoms with E-state index in [9.17, 15) is 0 Å². The Balaban J connectivity index is 1.66. The summed E-state index contributed by atoms with van der Waals surface area (Å²) in [7, 11) is 0. The highest BCUT2D eigenvalue weighted by Gasteiger charge is 2.14. The molecule has 0 atom stereocenters. The van der Waals surface area contributed by atoms with Gasteiger partial charge in [-0.1, -0.05) is 48.2 Å². The molecule has 0 aliphatic carbocycles. The number of anilines is 1. The van der Waals surface area contributed by atoms with Crippen molar-refractivity contribution in [1.29, 1.82) is 0 Å². The number of benzene rings is 2. The Morgan fingerprint density at radius 3 is 2.64 bits per heavy atom. The lowest BCUT2D eigenvalue weighted by molar-refractivity contribution is 0.908. The van der Waals surface area contributed by atoms with Crippen molar-refractivity contribution in [2.45, 2.75) is 22.8 Å². The van der Waals surface area contributed by atoms with Gasteiger partial charge < -0.3 is 4.90 Å². The molecule has 0 bridgehead atoms. The van der Waals surface area contributed by atoms with Crippen molar-refractivity contribution in [1.82, 2.24) is 9.97 Å². The van der Waals surface area contributed by atoms with Crippen molar-refractivity contribution >= 4 is 28.4 Å². The molecule has 0 saturated carbocycles. The van der Waals surface area contributed by atoms with Crippen LogP contribution in [0.3, 0.4) is 0 Å². The molecular weight excluding hydrogens is 290 g/mol. The second-order valence-corrected chi connectivity index (χ2v) is 6.55. The molecule has 0 N–H and O–H groups in total. The lowest BCUT2D eigenvalue weighted by Crippen LogP contribution is -2.18. The Labute approximate surface area is 134 Å². The summed E-state index contributed by atoms with van der Waals surface area (Å²) in [6, 6.07) is 17.0. The number of rotatable bonds is 3. The highest BCUT2D eigenvalue weighted by Crippen LogP contribution is 2.33. The summed E-state index contributed by atoms with van der Waals surface area (Å²) >= 11 is 1.71. The number of hydrogen-bond donors (Lipinski definition) is 0. The molecule has 0 amide bonds. The van der Waals surface area contributed by atoms with Gasteiger partial charge in [0, 0.05) is 24.1 Å². The first kappa shape index (κ1) is 13.6. The molecule has 1 fully saturated rings. The third-order valence-corrected chi connectivity index (χ3v) is 5.03. The van der Waals surface area contributed by atoms with Crippen LogP contribution in [0.2, 0.25) is 0 Å². The Kier molecular flexibility index (Phi) is 3.69. The molecule has 2 aromatic carbocycles. The largest absolute Gasteiger partial charge is 0.356 e. The fraction of sp³-hybridized carbons (Fsp3) is 0.222. The van der Waals surface area contributed by atoms with Crippen LogP contribution < -0.4 is 4.90 Å². The second-order valence-electron chi connectivity index (χ2n) is 5.49. The van der Waals surface area contributed by atoms with Gasteiger partial charge in [-0.25, -0.2) is 9.97 Å². The maximum absolute atomic E-state index is 4.44. The van der Waals surface area contributed by atoms with Gasteiger partial charge in [-0.2, -0.15) is 0 Å². The molecule has 1 aromatic heterocycles. The zero-order valence-electron chi connectivity index (χ0n) is 12.3. The maximum Gasteiger partial charge on any atom is 0.133 e. The molecule has 2 heterocycles. The third kappa shape index (κ3) is 2.66. The summed E-state index contributed by atoms with van der Waals surface area (Å²) < 4.78 is 0.